The van der Waals surface area contributed by atoms with Gasteiger partial charge in [0.25, 0.3) is 5.91 Å². The molecule has 7 nitrogen and oxygen atoms in total. The summed E-state index contributed by atoms with van der Waals surface area (Å²) in [6.45, 7) is 5.80. The van der Waals surface area contributed by atoms with Gasteiger partial charge in [-0.2, -0.15) is 4.31 Å². The van der Waals surface area contributed by atoms with Crippen LogP contribution in [0.3, 0.4) is 0 Å². The van der Waals surface area contributed by atoms with E-state index in [0.29, 0.717) is 39.3 Å². The van der Waals surface area contributed by atoms with Crippen molar-refractivity contribution in [3.8, 4) is 0 Å². The molecule has 0 unspecified atom stereocenters. The molecule has 2 aliphatic rings. The molecular weight excluding hydrogens is 396 g/mol. The van der Waals surface area contributed by atoms with Crippen molar-refractivity contribution in [3.63, 3.8) is 0 Å². The largest absolute Gasteiger partial charge is 0.353 e. The standard InChI is InChI=1S/C19H24N4O3S2/c1-15-4-6-17(27-15)19(24)22-12-10-21(11-13-22)18-7-5-16(14-20-18)28(25,26)23-8-2-3-9-23/h4-7,14H,2-3,8-13H2,1H3. The van der Waals surface area contributed by atoms with Crippen molar-refractivity contribution in [2.45, 2.75) is 24.7 Å². The van der Waals surface area contributed by atoms with Gasteiger partial charge in [0.1, 0.15) is 10.7 Å². The highest BCUT2D eigenvalue weighted by molar-refractivity contribution is 7.89. The normalized spacial score (nSPS) is 18.6. The number of thiophene rings is 1. The lowest BCUT2D eigenvalue weighted by Gasteiger charge is -2.35. The number of pyridine rings is 1. The zero-order valence-electron chi connectivity index (χ0n) is 15.9. The Morgan fingerprint density at radius 2 is 1.71 bits per heavy atom. The molecule has 0 aromatic carbocycles. The lowest BCUT2D eigenvalue weighted by atomic mass is 10.3. The maximum atomic E-state index is 12.6. The summed E-state index contributed by atoms with van der Waals surface area (Å²) >= 11 is 1.52. The van der Waals surface area contributed by atoms with E-state index in [1.165, 1.54) is 21.8 Å². The van der Waals surface area contributed by atoms with Crippen LogP contribution in [0.4, 0.5) is 5.82 Å². The van der Waals surface area contributed by atoms with Crippen molar-refractivity contribution >= 4 is 33.1 Å². The second-order valence-corrected chi connectivity index (χ2v) is 10.4. The Labute approximate surface area is 169 Å². The van der Waals surface area contributed by atoms with Crippen molar-refractivity contribution in [3.05, 3.63) is 40.2 Å². The predicted molar refractivity (Wildman–Crippen MR) is 109 cm³/mol. The number of amides is 1. The molecule has 0 atom stereocenters. The first-order valence-electron chi connectivity index (χ1n) is 9.52. The number of carbonyl (C=O) groups excluding carboxylic acids is 1. The number of sulfonamides is 1. The van der Waals surface area contributed by atoms with Gasteiger partial charge in [0.15, 0.2) is 0 Å². The van der Waals surface area contributed by atoms with E-state index in [1.807, 2.05) is 24.0 Å². The summed E-state index contributed by atoms with van der Waals surface area (Å²) in [7, 11) is -3.43. The first-order chi connectivity index (χ1) is 13.4. The fourth-order valence-corrected chi connectivity index (χ4v) is 5.93. The maximum absolute atomic E-state index is 12.6. The highest BCUT2D eigenvalue weighted by atomic mass is 32.2. The third kappa shape index (κ3) is 3.78. The summed E-state index contributed by atoms with van der Waals surface area (Å²) in [6, 6.07) is 7.26. The first-order valence-corrected chi connectivity index (χ1v) is 11.8. The van der Waals surface area contributed by atoms with Crippen LogP contribution < -0.4 is 4.90 Å². The van der Waals surface area contributed by atoms with Crippen LogP contribution >= 0.6 is 11.3 Å². The number of carbonyl (C=O) groups is 1. The fourth-order valence-electron chi connectivity index (χ4n) is 3.63. The average Bonchev–Trinajstić information content (AvgIpc) is 3.40. The minimum Gasteiger partial charge on any atom is -0.353 e. The molecule has 2 aromatic heterocycles. The Morgan fingerprint density at radius 3 is 2.29 bits per heavy atom. The monoisotopic (exact) mass is 420 g/mol. The molecule has 4 heterocycles. The van der Waals surface area contributed by atoms with Gasteiger partial charge < -0.3 is 9.80 Å². The number of aryl methyl sites for hydroxylation is 1. The Kier molecular flexibility index (Phi) is 5.39. The number of rotatable bonds is 4. The van der Waals surface area contributed by atoms with Gasteiger partial charge in [-0.15, -0.1) is 11.3 Å². The topological polar surface area (TPSA) is 73.8 Å². The van der Waals surface area contributed by atoms with E-state index in [1.54, 1.807) is 12.1 Å². The zero-order chi connectivity index (χ0) is 19.7. The highest BCUT2D eigenvalue weighted by Crippen LogP contribution is 2.23. The second kappa shape index (κ2) is 7.81. The van der Waals surface area contributed by atoms with Gasteiger partial charge in [0.2, 0.25) is 10.0 Å². The highest BCUT2D eigenvalue weighted by Gasteiger charge is 2.28. The van der Waals surface area contributed by atoms with Crippen molar-refractivity contribution in [1.29, 1.82) is 0 Å². The second-order valence-electron chi connectivity index (χ2n) is 7.15. The average molecular weight is 421 g/mol. The maximum Gasteiger partial charge on any atom is 0.264 e. The number of hydrogen-bond acceptors (Lipinski definition) is 6. The number of piperazine rings is 1. The number of nitrogens with zero attached hydrogens (tertiary/aromatic N) is 4. The van der Waals surface area contributed by atoms with Gasteiger partial charge in [-0.1, -0.05) is 0 Å². The molecule has 9 heteroatoms. The quantitative estimate of drug-likeness (QED) is 0.758. The van der Waals surface area contributed by atoms with Gasteiger partial charge in [-0.25, -0.2) is 13.4 Å². The number of hydrogen-bond donors (Lipinski definition) is 0. The number of aromatic nitrogens is 1. The SMILES string of the molecule is Cc1ccc(C(=O)N2CCN(c3ccc(S(=O)(=O)N4CCCC4)cn3)CC2)s1. The lowest BCUT2D eigenvalue weighted by molar-refractivity contribution is 0.0751. The van der Waals surface area contributed by atoms with E-state index in [9.17, 15) is 13.2 Å². The molecule has 2 aliphatic heterocycles. The molecule has 2 saturated heterocycles. The molecule has 28 heavy (non-hydrogen) atoms. The van der Waals surface area contributed by atoms with Crippen LogP contribution in [0.15, 0.2) is 35.4 Å². The Balaban J connectivity index is 1.39. The zero-order valence-corrected chi connectivity index (χ0v) is 17.5. The van der Waals surface area contributed by atoms with E-state index in [0.717, 1.165) is 28.4 Å². The summed E-state index contributed by atoms with van der Waals surface area (Å²) in [6.07, 6.45) is 3.28. The molecule has 4 rings (SSSR count). The van der Waals surface area contributed by atoms with Crippen LogP contribution in [-0.2, 0) is 10.0 Å². The van der Waals surface area contributed by atoms with Crippen molar-refractivity contribution in [1.82, 2.24) is 14.2 Å². The van der Waals surface area contributed by atoms with Crippen molar-refractivity contribution in [2.75, 3.05) is 44.2 Å². The predicted octanol–water partition coefficient (Wildman–Crippen LogP) is 2.20. The van der Waals surface area contributed by atoms with Gasteiger partial charge in [0.05, 0.1) is 4.88 Å². The van der Waals surface area contributed by atoms with E-state index in [2.05, 4.69) is 9.88 Å². The molecule has 0 radical (unpaired) electrons. The molecule has 0 N–H and O–H groups in total. The summed E-state index contributed by atoms with van der Waals surface area (Å²) in [5, 5.41) is 0. The summed E-state index contributed by atoms with van der Waals surface area (Å²) in [4.78, 5) is 23.1. The van der Waals surface area contributed by atoms with E-state index in [4.69, 9.17) is 0 Å². The molecule has 0 saturated carbocycles. The molecule has 0 bridgehead atoms. The van der Waals surface area contributed by atoms with Crippen LogP contribution in [0.2, 0.25) is 0 Å². The van der Waals surface area contributed by atoms with Crippen molar-refractivity contribution < 1.29 is 13.2 Å². The van der Waals surface area contributed by atoms with Gasteiger partial charge >= 0.3 is 0 Å². The van der Waals surface area contributed by atoms with Crippen LogP contribution in [0, 0.1) is 6.92 Å². The van der Waals surface area contributed by atoms with Crippen LogP contribution in [-0.4, -0.2) is 67.8 Å². The minimum atomic E-state index is -3.43. The summed E-state index contributed by atoms with van der Waals surface area (Å²) in [5.74, 6) is 0.831. The van der Waals surface area contributed by atoms with E-state index < -0.39 is 10.0 Å². The molecule has 2 fully saturated rings. The Hall–Kier alpha value is -1.97. The smallest absolute Gasteiger partial charge is 0.264 e. The minimum absolute atomic E-state index is 0.0813. The molecular formula is C19H24N4O3S2. The third-order valence-electron chi connectivity index (χ3n) is 5.27. The lowest BCUT2D eigenvalue weighted by Crippen LogP contribution is -2.48. The first kappa shape index (κ1) is 19.4. The van der Waals surface area contributed by atoms with Gasteiger partial charge in [-0.05, 0) is 44.0 Å². The van der Waals surface area contributed by atoms with Gasteiger partial charge in [0, 0.05) is 50.3 Å². The molecule has 150 valence electrons. The summed E-state index contributed by atoms with van der Waals surface area (Å²) < 4.78 is 26.7. The molecule has 1 amide bonds. The van der Waals surface area contributed by atoms with Crippen molar-refractivity contribution in [2.24, 2.45) is 0 Å². The van der Waals surface area contributed by atoms with Crippen LogP contribution in [0.25, 0.3) is 0 Å². The van der Waals surface area contributed by atoms with E-state index in [-0.39, 0.29) is 10.8 Å². The van der Waals surface area contributed by atoms with Gasteiger partial charge in [-0.3, -0.25) is 4.79 Å². The third-order valence-corrected chi connectivity index (χ3v) is 8.14. The summed E-state index contributed by atoms with van der Waals surface area (Å²) in [5.41, 5.74) is 0. The Bertz CT molecular complexity index is 942. The number of anilines is 1. The van der Waals surface area contributed by atoms with E-state index >= 15 is 0 Å². The Morgan fingerprint density at radius 1 is 1.00 bits per heavy atom. The van der Waals surface area contributed by atoms with Crippen LogP contribution in [0.5, 0.6) is 0 Å². The molecule has 0 aliphatic carbocycles. The molecule has 0 spiro atoms. The fraction of sp³-hybridized carbons (Fsp3) is 0.474. The van der Waals surface area contributed by atoms with Crippen LogP contribution in [0.1, 0.15) is 27.4 Å². The molecule has 2 aromatic rings.